The average molecular weight is 282 g/mol. The molecule has 5 heteroatoms. The van der Waals surface area contributed by atoms with Crippen molar-refractivity contribution in [2.45, 2.75) is 16.0 Å². The minimum atomic E-state index is -4.84. The van der Waals surface area contributed by atoms with Crippen molar-refractivity contribution in [3.8, 4) is 0 Å². The van der Waals surface area contributed by atoms with E-state index >= 15 is 0 Å². The van der Waals surface area contributed by atoms with Gasteiger partial charge < -0.3 is 0 Å². The maximum Gasteiger partial charge on any atom is 0.454 e. The number of rotatable bonds is 3. The number of carbonyl (C=O) groups excluding carboxylic acids is 1. The quantitative estimate of drug-likeness (QED) is 0.766. The highest BCUT2D eigenvalue weighted by Gasteiger charge is 2.39. The Balaban J connectivity index is 2.23. The number of carbonyl (C=O) groups is 1. The summed E-state index contributed by atoms with van der Waals surface area (Å²) in [5, 5.41) is 0. The first kappa shape index (κ1) is 13.7. The van der Waals surface area contributed by atoms with Crippen LogP contribution in [0, 0.1) is 0 Å². The van der Waals surface area contributed by atoms with E-state index in [0.717, 1.165) is 4.90 Å². The summed E-state index contributed by atoms with van der Waals surface area (Å²) in [7, 11) is 0. The van der Waals surface area contributed by atoms with E-state index in [1.54, 1.807) is 6.07 Å². The van der Waals surface area contributed by atoms with Gasteiger partial charge in [-0.2, -0.15) is 13.2 Å². The number of alkyl halides is 3. The molecule has 0 aromatic heterocycles. The maximum atomic E-state index is 12.3. The van der Waals surface area contributed by atoms with E-state index in [9.17, 15) is 18.0 Å². The van der Waals surface area contributed by atoms with Crippen molar-refractivity contribution < 1.29 is 18.0 Å². The van der Waals surface area contributed by atoms with Gasteiger partial charge in [-0.25, -0.2) is 0 Å². The first-order valence-corrected chi connectivity index (χ1v) is 6.23. The van der Waals surface area contributed by atoms with Gasteiger partial charge in [0.05, 0.1) is 0 Å². The zero-order chi connectivity index (χ0) is 13.9. The highest BCUT2D eigenvalue weighted by molar-refractivity contribution is 7.99. The largest absolute Gasteiger partial charge is 0.454 e. The molecule has 0 radical (unpaired) electrons. The first-order chi connectivity index (χ1) is 8.97. The van der Waals surface area contributed by atoms with Gasteiger partial charge >= 0.3 is 6.18 Å². The molecule has 2 aromatic rings. The van der Waals surface area contributed by atoms with Crippen LogP contribution in [-0.4, -0.2) is 12.0 Å². The van der Waals surface area contributed by atoms with Gasteiger partial charge in [0.15, 0.2) is 0 Å². The smallest absolute Gasteiger partial charge is 0.284 e. The number of Topliss-reactive ketones (excluding diaryl/α,β-unsaturated/α-hetero) is 1. The highest BCUT2D eigenvalue weighted by Crippen LogP contribution is 2.29. The van der Waals surface area contributed by atoms with Crippen molar-refractivity contribution in [3.63, 3.8) is 0 Å². The average Bonchev–Trinajstić information content (AvgIpc) is 2.38. The van der Waals surface area contributed by atoms with Crippen molar-refractivity contribution in [2.24, 2.45) is 0 Å². The van der Waals surface area contributed by atoms with Gasteiger partial charge in [0.25, 0.3) is 5.78 Å². The van der Waals surface area contributed by atoms with Crippen LogP contribution in [-0.2, 0) is 0 Å². The molecule has 0 unspecified atom stereocenters. The molecule has 2 aromatic carbocycles. The van der Waals surface area contributed by atoms with E-state index in [1.807, 2.05) is 30.3 Å². The molecule has 2 rings (SSSR count). The van der Waals surface area contributed by atoms with E-state index in [1.165, 1.54) is 30.0 Å². The summed E-state index contributed by atoms with van der Waals surface area (Å²) in [6, 6.07) is 14.8. The monoisotopic (exact) mass is 282 g/mol. The van der Waals surface area contributed by atoms with Gasteiger partial charge in [-0.1, -0.05) is 42.1 Å². The van der Waals surface area contributed by atoms with E-state index in [4.69, 9.17) is 0 Å². The Morgan fingerprint density at radius 1 is 0.895 bits per heavy atom. The number of hydrogen-bond acceptors (Lipinski definition) is 2. The third-order valence-electron chi connectivity index (χ3n) is 2.33. The SMILES string of the molecule is O=C(c1cccc(Sc2ccccc2)c1)C(F)(F)F. The molecular formula is C14H9F3OS. The molecule has 0 spiro atoms. The molecule has 0 saturated heterocycles. The summed E-state index contributed by atoms with van der Waals surface area (Å²) in [4.78, 5) is 12.6. The Kier molecular flexibility index (Phi) is 3.95. The number of hydrogen-bond donors (Lipinski definition) is 0. The van der Waals surface area contributed by atoms with Crippen LogP contribution in [0.15, 0.2) is 64.4 Å². The van der Waals surface area contributed by atoms with Crippen molar-refractivity contribution in [2.75, 3.05) is 0 Å². The van der Waals surface area contributed by atoms with Gasteiger partial charge in [-0.05, 0) is 24.3 Å². The third kappa shape index (κ3) is 3.61. The zero-order valence-corrected chi connectivity index (χ0v) is 10.5. The van der Waals surface area contributed by atoms with Gasteiger partial charge in [0, 0.05) is 15.4 Å². The summed E-state index contributed by atoms with van der Waals surface area (Å²) in [6.07, 6.45) is -4.84. The Hall–Kier alpha value is -1.75. The number of halogens is 3. The van der Waals surface area contributed by atoms with Crippen molar-refractivity contribution in [1.82, 2.24) is 0 Å². The molecule has 98 valence electrons. The number of ketones is 1. The van der Waals surface area contributed by atoms with Crippen LogP contribution >= 0.6 is 11.8 Å². The maximum absolute atomic E-state index is 12.3. The molecule has 0 bridgehead atoms. The van der Waals surface area contributed by atoms with E-state index in [0.29, 0.717) is 4.90 Å². The third-order valence-corrected chi connectivity index (χ3v) is 3.33. The second-order valence-electron chi connectivity index (χ2n) is 3.77. The van der Waals surface area contributed by atoms with Crippen molar-refractivity contribution >= 4 is 17.5 Å². The summed E-state index contributed by atoms with van der Waals surface area (Å²) < 4.78 is 37.0. The molecule has 0 aliphatic carbocycles. The van der Waals surface area contributed by atoms with Crippen molar-refractivity contribution in [3.05, 3.63) is 60.2 Å². The molecule has 19 heavy (non-hydrogen) atoms. The van der Waals surface area contributed by atoms with Crippen LogP contribution in [0.1, 0.15) is 10.4 Å². The first-order valence-electron chi connectivity index (χ1n) is 5.41. The summed E-state index contributed by atoms with van der Waals surface area (Å²) in [5.74, 6) is -1.82. The van der Waals surface area contributed by atoms with Crippen LogP contribution in [0.25, 0.3) is 0 Å². The molecule has 0 fully saturated rings. The fraction of sp³-hybridized carbons (Fsp3) is 0.0714. The molecule has 1 nitrogen and oxygen atoms in total. The molecule has 0 heterocycles. The van der Waals surface area contributed by atoms with E-state index in [2.05, 4.69) is 0 Å². The lowest BCUT2D eigenvalue weighted by Gasteiger charge is -2.07. The van der Waals surface area contributed by atoms with Crippen molar-refractivity contribution in [1.29, 1.82) is 0 Å². The van der Waals surface area contributed by atoms with Crippen LogP contribution in [0.5, 0.6) is 0 Å². The highest BCUT2D eigenvalue weighted by atomic mass is 32.2. The molecular weight excluding hydrogens is 273 g/mol. The lowest BCUT2D eigenvalue weighted by molar-refractivity contribution is -0.0885. The van der Waals surface area contributed by atoms with E-state index in [-0.39, 0.29) is 5.56 Å². The fourth-order valence-electron chi connectivity index (χ4n) is 1.49. The Morgan fingerprint density at radius 2 is 1.53 bits per heavy atom. The predicted octanol–water partition coefficient (Wildman–Crippen LogP) is 4.58. The van der Waals surface area contributed by atoms with Crippen LogP contribution < -0.4 is 0 Å². The molecule has 0 saturated carbocycles. The standard InChI is InChI=1S/C14H9F3OS/c15-14(16,17)13(18)10-5-4-8-12(9-10)19-11-6-2-1-3-7-11/h1-9H. The summed E-state index contributed by atoms with van der Waals surface area (Å²) in [6.45, 7) is 0. The zero-order valence-electron chi connectivity index (χ0n) is 9.65. The molecule has 0 N–H and O–H groups in total. The minimum Gasteiger partial charge on any atom is -0.284 e. The van der Waals surface area contributed by atoms with Crippen LogP contribution in [0.4, 0.5) is 13.2 Å². The van der Waals surface area contributed by atoms with Gasteiger partial charge in [-0.15, -0.1) is 0 Å². The van der Waals surface area contributed by atoms with Gasteiger partial charge in [0.2, 0.25) is 0 Å². The molecule has 0 aliphatic rings. The number of benzene rings is 2. The molecule has 0 amide bonds. The Morgan fingerprint density at radius 3 is 2.16 bits per heavy atom. The summed E-state index contributed by atoms with van der Waals surface area (Å²) >= 11 is 1.31. The lowest BCUT2D eigenvalue weighted by Crippen LogP contribution is -2.22. The Labute approximate surface area is 112 Å². The second-order valence-corrected chi connectivity index (χ2v) is 4.92. The summed E-state index contributed by atoms with van der Waals surface area (Å²) in [5.41, 5.74) is -0.339. The van der Waals surface area contributed by atoms with Crippen LogP contribution in [0.2, 0.25) is 0 Å². The Bertz CT molecular complexity index is 579. The fourth-order valence-corrected chi connectivity index (χ4v) is 2.39. The van der Waals surface area contributed by atoms with E-state index < -0.39 is 12.0 Å². The topological polar surface area (TPSA) is 17.1 Å². The normalized spacial score (nSPS) is 11.3. The second kappa shape index (κ2) is 5.48. The van der Waals surface area contributed by atoms with Crippen LogP contribution in [0.3, 0.4) is 0 Å². The predicted molar refractivity (Wildman–Crippen MR) is 67.4 cm³/mol. The minimum absolute atomic E-state index is 0.339. The molecule has 0 aliphatic heterocycles. The van der Waals surface area contributed by atoms with Gasteiger partial charge in [0.1, 0.15) is 0 Å². The molecule has 0 atom stereocenters. The van der Waals surface area contributed by atoms with Gasteiger partial charge in [-0.3, -0.25) is 4.79 Å². The lowest BCUT2D eigenvalue weighted by atomic mass is 10.1.